The van der Waals surface area contributed by atoms with Crippen LogP contribution in [0, 0.1) is 0 Å². The van der Waals surface area contributed by atoms with Crippen molar-refractivity contribution < 1.29 is 14.3 Å². The van der Waals surface area contributed by atoms with Crippen molar-refractivity contribution >= 4 is 6.29 Å². The molecule has 2 aromatic rings. The summed E-state index contributed by atoms with van der Waals surface area (Å²) in [6.07, 6.45) is 6.37. The van der Waals surface area contributed by atoms with E-state index in [-0.39, 0.29) is 18.1 Å². The van der Waals surface area contributed by atoms with Gasteiger partial charge in [0, 0.05) is 24.2 Å². The lowest BCUT2D eigenvalue weighted by Crippen LogP contribution is -2.31. The first kappa shape index (κ1) is 17.0. The summed E-state index contributed by atoms with van der Waals surface area (Å²) in [5.41, 5.74) is -0.369. The third-order valence-corrected chi connectivity index (χ3v) is 4.34. The Morgan fingerprint density at radius 1 is 1.24 bits per heavy atom. The number of methoxy groups -OCH3 is 1. The van der Waals surface area contributed by atoms with E-state index in [1.807, 2.05) is 0 Å². The normalized spacial score (nSPS) is 14.4. The van der Waals surface area contributed by atoms with Gasteiger partial charge in [0.05, 0.1) is 18.9 Å². The van der Waals surface area contributed by atoms with Crippen LogP contribution < -0.4 is 20.7 Å². The van der Waals surface area contributed by atoms with Gasteiger partial charge in [-0.2, -0.15) is 0 Å². The quantitative estimate of drug-likeness (QED) is 0.804. The molecule has 1 saturated carbocycles. The average Bonchev–Trinajstić information content (AvgIpc) is 3.10. The molecule has 1 N–H and O–H groups in total. The summed E-state index contributed by atoms with van der Waals surface area (Å²) < 4.78 is 12.7. The highest BCUT2D eigenvalue weighted by atomic mass is 16.5. The highest BCUT2D eigenvalue weighted by molar-refractivity contribution is 5.54. The molecule has 1 fully saturated rings. The molecule has 0 amide bonds. The topological polar surface area (TPSA) is 90.4 Å². The van der Waals surface area contributed by atoms with Gasteiger partial charge in [0.15, 0.2) is 11.5 Å². The number of hydrogen-bond acceptors (Lipinski definition) is 5. The molecule has 0 atom stereocenters. The lowest BCUT2D eigenvalue weighted by atomic mass is 10.2. The number of ether oxygens (including phenoxy) is 2. The van der Waals surface area contributed by atoms with E-state index in [2.05, 4.69) is 4.98 Å². The highest BCUT2D eigenvalue weighted by Crippen LogP contribution is 2.33. The number of nitrogens with zero attached hydrogens (tertiary/aromatic N) is 1. The molecule has 25 heavy (non-hydrogen) atoms. The van der Waals surface area contributed by atoms with Crippen LogP contribution in [-0.4, -0.2) is 29.1 Å². The predicted octanol–water partition coefficient (Wildman–Crippen LogP) is 1.60. The van der Waals surface area contributed by atoms with Crippen molar-refractivity contribution in [2.24, 2.45) is 0 Å². The first-order valence-electron chi connectivity index (χ1n) is 8.26. The molecule has 1 aliphatic rings. The number of benzene rings is 1. The Kier molecular flexibility index (Phi) is 5.02. The van der Waals surface area contributed by atoms with E-state index in [9.17, 15) is 14.4 Å². The standard InChI is InChI=1S/C18H20N2O5/c1-24-15-7-6-13(10-16(15)25-14-4-2-3-5-14)20-11-12(8-9-21)17(22)19-18(20)23/h6-7,9-11,14H,2-5,8H2,1H3,(H,19,22,23). The molecule has 0 radical (unpaired) electrons. The third-order valence-electron chi connectivity index (χ3n) is 4.34. The minimum Gasteiger partial charge on any atom is -0.493 e. The molecule has 7 nitrogen and oxygen atoms in total. The molecular weight excluding hydrogens is 324 g/mol. The summed E-state index contributed by atoms with van der Waals surface area (Å²) in [6, 6.07) is 5.13. The van der Waals surface area contributed by atoms with Crippen LogP contribution in [0.25, 0.3) is 5.69 Å². The zero-order valence-electron chi connectivity index (χ0n) is 14.0. The lowest BCUT2D eigenvalue weighted by Gasteiger charge is -2.17. The fourth-order valence-corrected chi connectivity index (χ4v) is 3.03. The average molecular weight is 344 g/mol. The molecule has 1 aromatic heterocycles. The van der Waals surface area contributed by atoms with Crippen LogP contribution in [0.1, 0.15) is 31.2 Å². The Hall–Kier alpha value is -2.83. The fourth-order valence-electron chi connectivity index (χ4n) is 3.03. The Labute approximate surface area is 144 Å². The molecule has 3 rings (SSSR count). The van der Waals surface area contributed by atoms with Crippen molar-refractivity contribution in [3.63, 3.8) is 0 Å². The molecule has 0 bridgehead atoms. The van der Waals surface area contributed by atoms with Gasteiger partial charge in [-0.05, 0) is 37.8 Å². The molecule has 1 heterocycles. The zero-order valence-corrected chi connectivity index (χ0v) is 14.0. The number of aldehydes is 1. The van der Waals surface area contributed by atoms with Crippen LogP contribution in [-0.2, 0) is 11.2 Å². The Bertz CT molecular complexity index is 878. The maximum atomic E-state index is 12.2. The minimum absolute atomic E-state index is 0.0583. The van der Waals surface area contributed by atoms with Gasteiger partial charge in [0.2, 0.25) is 0 Å². The smallest absolute Gasteiger partial charge is 0.332 e. The first-order chi connectivity index (χ1) is 12.1. The van der Waals surface area contributed by atoms with E-state index in [0.29, 0.717) is 23.5 Å². The highest BCUT2D eigenvalue weighted by Gasteiger charge is 2.19. The molecular formula is C18H20N2O5. The van der Waals surface area contributed by atoms with Gasteiger partial charge in [0.25, 0.3) is 5.56 Å². The molecule has 132 valence electrons. The first-order valence-corrected chi connectivity index (χ1v) is 8.26. The predicted molar refractivity (Wildman–Crippen MR) is 91.9 cm³/mol. The van der Waals surface area contributed by atoms with Crippen molar-refractivity contribution in [1.29, 1.82) is 0 Å². The van der Waals surface area contributed by atoms with E-state index in [1.165, 1.54) is 10.8 Å². The van der Waals surface area contributed by atoms with E-state index >= 15 is 0 Å². The maximum absolute atomic E-state index is 12.2. The second-order valence-electron chi connectivity index (χ2n) is 6.01. The van der Waals surface area contributed by atoms with Gasteiger partial charge in [-0.1, -0.05) is 0 Å². The Balaban J connectivity index is 2.02. The van der Waals surface area contributed by atoms with E-state index in [0.717, 1.165) is 25.7 Å². The van der Waals surface area contributed by atoms with Crippen molar-refractivity contribution in [2.45, 2.75) is 38.2 Å². The number of carbonyl (C=O) groups excluding carboxylic acids is 1. The molecule has 0 unspecified atom stereocenters. The second kappa shape index (κ2) is 7.38. The summed E-state index contributed by atoms with van der Waals surface area (Å²) in [5.74, 6) is 1.14. The number of H-pyrrole nitrogens is 1. The Morgan fingerprint density at radius 2 is 2.00 bits per heavy atom. The Morgan fingerprint density at radius 3 is 2.68 bits per heavy atom. The SMILES string of the molecule is COc1ccc(-n2cc(CC=O)c(=O)[nH]c2=O)cc1OC1CCCC1. The van der Waals surface area contributed by atoms with Gasteiger partial charge < -0.3 is 14.3 Å². The summed E-state index contributed by atoms with van der Waals surface area (Å²) in [5, 5.41) is 0. The lowest BCUT2D eigenvalue weighted by molar-refractivity contribution is -0.107. The summed E-state index contributed by atoms with van der Waals surface area (Å²) in [7, 11) is 1.56. The molecule has 0 saturated heterocycles. The number of hydrogen-bond donors (Lipinski definition) is 1. The summed E-state index contributed by atoms with van der Waals surface area (Å²) in [4.78, 5) is 36.8. The van der Waals surface area contributed by atoms with Crippen molar-refractivity contribution in [2.75, 3.05) is 7.11 Å². The van der Waals surface area contributed by atoms with Crippen LogP contribution in [0.4, 0.5) is 0 Å². The minimum atomic E-state index is -0.573. The van der Waals surface area contributed by atoms with Gasteiger partial charge >= 0.3 is 5.69 Å². The number of nitrogens with one attached hydrogen (secondary N) is 1. The summed E-state index contributed by atoms with van der Waals surface area (Å²) in [6.45, 7) is 0. The van der Waals surface area contributed by atoms with Crippen molar-refractivity contribution in [3.8, 4) is 17.2 Å². The molecule has 7 heteroatoms. The molecule has 0 spiro atoms. The summed E-state index contributed by atoms with van der Waals surface area (Å²) >= 11 is 0. The number of carbonyl (C=O) groups is 1. The maximum Gasteiger partial charge on any atom is 0.332 e. The monoisotopic (exact) mass is 344 g/mol. The molecule has 0 aliphatic heterocycles. The van der Waals surface area contributed by atoms with Crippen LogP contribution in [0.2, 0.25) is 0 Å². The van der Waals surface area contributed by atoms with Crippen LogP contribution >= 0.6 is 0 Å². The largest absolute Gasteiger partial charge is 0.493 e. The van der Waals surface area contributed by atoms with Crippen LogP contribution in [0.5, 0.6) is 11.5 Å². The van der Waals surface area contributed by atoms with E-state index in [1.54, 1.807) is 25.3 Å². The molecule has 1 aromatic carbocycles. The third kappa shape index (κ3) is 3.65. The number of aromatic nitrogens is 2. The van der Waals surface area contributed by atoms with Crippen LogP contribution in [0.3, 0.4) is 0 Å². The fraction of sp³-hybridized carbons (Fsp3) is 0.389. The number of rotatable bonds is 6. The van der Waals surface area contributed by atoms with Gasteiger partial charge in [-0.15, -0.1) is 0 Å². The van der Waals surface area contributed by atoms with E-state index in [4.69, 9.17) is 9.47 Å². The second-order valence-corrected chi connectivity index (χ2v) is 6.01. The molecule has 1 aliphatic carbocycles. The van der Waals surface area contributed by atoms with Gasteiger partial charge in [0.1, 0.15) is 6.29 Å². The van der Waals surface area contributed by atoms with Crippen molar-refractivity contribution in [3.05, 3.63) is 50.8 Å². The number of aromatic amines is 1. The van der Waals surface area contributed by atoms with E-state index < -0.39 is 11.2 Å². The van der Waals surface area contributed by atoms with Gasteiger partial charge in [-0.25, -0.2) is 4.79 Å². The van der Waals surface area contributed by atoms with Gasteiger partial charge in [-0.3, -0.25) is 14.3 Å². The van der Waals surface area contributed by atoms with Crippen LogP contribution in [0.15, 0.2) is 34.0 Å². The van der Waals surface area contributed by atoms with Crippen molar-refractivity contribution in [1.82, 2.24) is 9.55 Å². The zero-order chi connectivity index (χ0) is 17.8.